The standard InChI is InChI=1S/C15H22O3.C6H15NO/c16-12-8-3-1-2-7-11-15(17)18-13-14-9-5-4-6-10-14;7-5-3-1-2-4-6-8/h4-6,9-10,16H,1-3,7-8,11-13H2;8H,1-7H2. The zero-order chi connectivity index (χ0) is 19.3. The van der Waals surface area contributed by atoms with Gasteiger partial charge in [0, 0.05) is 19.6 Å². The molecule has 0 saturated heterocycles. The van der Waals surface area contributed by atoms with Gasteiger partial charge < -0.3 is 20.7 Å². The van der Waals surface area contributed by atoms with Crippen LogP contribution in [0.1, 0.15) is 69.8 Å². The number of carbonyl (C=O) groups is 1. The van der Waals surface area contributed by atoms with Crippen LogP contribution >= 0.6 is 0 Å². The van der Waals surface area contributed by atoms with E-state index in [0.29, 0.717) is 19.6 Å². The summed E-state index contributed by atoms with van der Waals surface area (Å²) in [5.41, 5.74) is 6.27. The molecule has 1 aromatic rings. The molecule has 0 bridgehead atoms. The summed E-state index contributed by atoms with van der Waals surface area (Å²) in [5.74, 6) is -0.124. The lowest BCUT2D eigenvalue weighted by molar-refractivity contribution is -0.145. The Morgan fingerprint density at radius 3 is 1.92 bits per heavy atom. The van der Waals surface area contributed by atoms with E-state index in [1.807, 2.05) is 30.3 Å². The van der Waals surface area contributed by atoms with E-state index in [0.717, 1.165) is 69.9 Å². The van der Waals surface area contributed by atoms with Gasteiger partial charge in [0.1, 0.15) is 6.61 Å². The van der Waals surface area contributed by atoms with Crippen LogP contribution in [0.25, 0.3) is 0 Å². The molecule has 0 aliphatic carbocycles. The summed E-state index contributed by atoms with van der Waals surface area (Å²) in [6.07, 6.45) is 9.68. The Morgan fingerprint density at radius 1 is 0.808 bits per heavy atom. The second-order valence-electron chi connectivity index (χ2n) is 6.31. The monoisotopic (exact) mass is 367 g/mol. The van der Waals surface area contributed by atoms with Gasteiger partial charge in [0.25, 0.3) is 0 Å². The van der Waals surface area contributed by atoms with Gasteiger partial charge >= 0.3 is 5.97 Å². The number of benzene rings is 1. The van der Waals surface area contributed by atoms with E-state index in [1.165, 1.54) is 0 Å². The Bertz CT molecular complexity index is 406. The first-order valence-corrected chi connectivity index (χ1v) is 9.86. The maximum Gasteiger partial charge on any atom is 0.306 e. The molecule has 0 aliphatic rings. The number of aliphatic hydroxyl groups excluding tert-OH is 2. The van der Waals surface area contributed by atoms with Crippen molar-refractivity contribution in [3.05, 3.63) is 35.9 Å². The molecule has 4 N–H and O–H groups in total. The number of carbonyl (C=O) groups excluding carboxylic acids is 1. The Labute approximate surface area is 158 Å². The number of rotatable bonds is 14. The summed E-state index contributed by atoms with van der Waals surface area (Å²) in [7, 11) is 0. The molecule has 0 amide bonds. The highest BCUT2D eigenvalue weighted by atomic mass is 16.5. The van der Waals surface area contributed by atoms with Crippen molar-refractivity contribution in [2.24, 2.45) is 5.73 Å². The minimum atomic E-state index is -0.124. The van der Waals surface area contributed by atoms with Gasteiger partial charge in [-0.1, -0.05) is 62.4 Å². The number of ether oxygens (including phenoxy) is 1. The van der Waals surface area contributed by atoms with Gasteiger partial charge in [-0.3, -0.25) is 4.79 Å². The summed E-state index contributed by atoms with van der Waals surface area (Å²) in [6, 6.07) is 9.71. The number of esters is 1. The zero-order valence-corrected chi connectivity index (χ0v) is 16.1. The lowest BCUT2D eigenvalue weighted by Crippen LogP contribution is -2.04. The quantitative estimate of drug-likeness (QED) is 0.345. The first kappa shape index (κ1) is 24.6. The van der Waals surface area contributed by atoms with E-state index in [1.54, 1.807) is 0 Å². The lowest BCUT2D eigenvalue weighted by atomic mass is 10.1. The molecule has 1 rings (SSSR count). The van der Waals surface area contributed by atoms with Crippen molar-refractivity contribution < 1.29 is 19.7 Å². The highest BCUT2D eigenvalue weighted by Crippen LogP contribution is 2.07. The normalized spacial score (nSPS) is 10.1. The fourth-order valence-corrected chi connectivity index (χ4v) is 2.33. The van der Waals surface area contributed by atoms with Crippen LogP contribution in [0.3, 0.4) is 0 Å². The van der Waals surface area contributed by atoms with Crippen LogP contribution in [0, 0.1) is 0 Å². The van der Waals surface area contributed by atoms with Crippen LogP contribution in [-0.4, -0.2) is 35.9 Å². The highest BCUT2D eigenvalue weighted by molar-refractivity contribution is 5.69. The van der Waals surface area contributed by atoms with Crippen molar-refractivity contribution >= 4 is 5.97 Å². The molecule has 0 aromatic heterocycles. The van der Waals surface area contributed by atoms with Crippen LogP contribution in [-0.2, 0) is 16.1 Å². The molecule has 0 aliphatic heterocycles. The summed E-state index contributed by atoms with van der Waals surface area (Å²) >= 11 is 0. The molecule has 0 atom stereocenters. The Kier molecular flexibility index (Phi) is 18.8. The molecule has 5 heteroatoms. The van der Waals surface area contributed by atoms with Crippen LogP contribution in [0.15, 0.2) is 30.3 Å². The molecule has 1 aromatic carbocycles. The SMILES string of the molecule is NCCCCCCO.O=C(CCCCCCCO)OCc1ccccc1. The fourth-order valence-electron chi connectivity index (χ4n) is 2.33. The molecule has 0 heterocycles. The van der Waals surface area contributed by atoms with Gasteiger partial charge in [0.15, 0.2) is 0 Å². The molecule has 0 fully saturated rings. The lowest BCUT2D eigenvalue weighted by Gasteiger charge is -2.04. The van der Waals surface area contributed by atoms with Gasteiger partial charge in [-0.2, -0.15) is 0 Å². The molecular weight excluding hydrogens is 330 g/mol. The predicted octanol–water partition coefficient (Wildman–Crippen LogP) is 3.56. The van der Waals surface area contributed by atoms with E-state index in [2.05, 4.69) is 0 Å². The van der Waals surface area contributed by atoms with Crippen LogP contribution in [0.2, 0.25) is 0 Å². The third kappa shape index (κ3) is 17.4. The minimum Gasteiger partial charge on any atom is -0.461 e. The third-order valence-electron chi connectivity index (χ3n) is 3.89. The second kappa shape index (κ2) is 19.9. The van der Waals surface area contributed by atoms with Crippen LogP contribution in [0.4, 0.5) is 0 Å². The summed E-state index contributed by atoms with van der Waals surface area (Å²) in [4.78, 5) is 11.4. The van der Waals surface area contributed by atoms with Crippen LogP contribution in [0.5, 0.6) is 0 Å². The number of nitrogens with two attached hydrogens (primary N) is 1. The van der Waals surface area contributed by atoms with E-state index in [9.17, 15) is 4.79 Å². The van der Waals surface area contributed by atoms with Crippen molar-refractivity contribution in [3.63, 3.8) is 0 Å². The van der Waals surface area contributed by atoms with Crippen molar-refractivity contribution in [3.8, 4) is 0 Å². The molecule has 0 spiro atoms. The third-order valence-corrected chi connectivity index (χ3v) is 3.89. The molecule has 0 radical (unpaired) electrons. The number of aliphatic hydroxyl groups is 2. The first-order valence-electron chi connectivity index (χ1n) is 9.86. The Morgan fingerprint density at radius 2 is 1.35 bits per heavy atom. The number of hydrogen-bond acceptors (Lipinski definition) is 5. The van der Waals surface area contributed by atoms with Crippen LogP contribution < -0.4 is 5.73 Å². The topological polar surface area (TPSA) is 92.8 Å². The van der Waals surface area contributed by atoms with Gasteiger partial charge in [-0.05, 0) is 37.8 Å². The maximum atomic E-state index is 11.4. The smallest absolute Gasteiger partial charge is 0.306 e. The molecule has 5 nitrogen and oxygen atoms in total. The van der Waals surface area contributed by atoms with E-state index in [-0.39, 0.29) is 12.6 Å². The van der Waals surface area contributed by atoms with Gasteiger partial charge in [-0.15, -0.1) is 0 Å². The average molecular weight is 368 g/mol. The zero-order valence-electron chi connectivity index (χ0n) is 16.1. The van der Waals surface area contributed by atoms with Crippen molar-refractivity contribution in [1.29, 1.82) is 0 Å². The van der Waals surface area contributed by atoms with Crippen molar-refractivity contribution in [2.75, 3.05) is 19.8 Å². The summed E-state index contributed by atoms with van der Waals surface area (Å²) in [5, 5.41) is 16.9. The highest BCUT2D eigenvalue weighted by Gasteiger charge is 2.02. The molecule has 150 valence electrons. The molecule has 26 heavy (non-hydrogen) atoms. The Balaban J connectivity index is 0.000000660. The molecular formula is C21H37NO4. The van der Waals surface area contributed by atoms with Crippen molar-refractivity contribution in [2.45, 2.75) is 70.8 Å². The van der Waals surface area contributed by atoms with Gasteiger partial charge in [0.2, 0.25) is 0 Å². The second-order valence-corrected chi connectivity index (χ2v) is 6.31. The Hall–Kier alpha value is -1.43. The average Bonchev–Trinajstić information content (AvgIpc) is 2.68. The van der Waals surface area contributed by atoms with E-state index >= 15 is 0 Å². The number of unbranched alkanes of at least 4 members (excludes halogenated alkanes) is 7. The summed E-state index contributed by atoms with van der Waals surface area (Å²) < 4.78 is 5.18. The maximum absolute atomic E-state index is 11.4. The fraction of sp³-hybridized carbons (Fsp3) is 0.667. The number of hydrogen-bond donors (Lipinski definition) is 3. The predicted molar refractivity (Wildman–Crippen MR) is 106 cm³/mol. The van der Waals surface area contributed by atoms with Crippen molar-refractivity contribution in [1.82, 2.24) is 0 Å². The minimum absolute atomic E-state index is 0.124. The van der Waals surface area contributed by atoms with Gasteiger partial charge in [0.05, 0.1) is 0 Å². The van der Waals surface area contributed by atoms with Gasteiger partial charge in [-0.25, -0.2) is 0 Å². The largest absolute Gasteiger partial charge is 0.461 e. The molecule has 0 saturated carbocycles. The molecule has 0 unspecified atom stereocenters. The first-order chi connectivity index (χ1) is 12.7. The van der Waals surface area contributed by atoms with E-state index < -0.39 is 0 Å². The summed E-state index contributed by atoms with van der Waals surface area (Å²) in [6.45, 7) is 1.74. The van der Waals surface area contributed by atoms with E-state index in [4.69, 9.17) is 20.7 Å².